The number of hydrogen-bond donors (Lipinski definition) is 0. The maximum absolute atomic E-state index is 11.4. The van der Waals surface area contributed by atoms with Gasteiger partial charge in [-0.1, -0.05) is 12.1 Å². The Bertz CT molecular complexity index is 583. The fourth-order valence-corrected chi connectivity index (χ4v) is 2.40. The van der Waals surface area contributed by atoms with Gasteiger partial charge in [0.15, 0.2) is 10.8 Å². The molecule has 0 radical (unpaired) electrons. The van der Waals surface area contributed by atoms with Crippen molar-refractivity contribution in [3.05, 3.63) is 35.3 Å². The molecule has 2 aromatic rings. The smallest absolute Gasteiger partial charge is 0.357 e. The van der Waals surface area contributed by atoms with E-state index in [1.165, 1.54) is 18.4 Å². The molecule has 5 nitrogen and oxygen atoms in total. The van der Waals surface area contributed by atoms with Crippen LogP contribution in [-0.2, 0) is 4.74 Å². The number of benzene rings is 1. The second kappa shape index (κ2) is 5.71. The van der Waals surface area contributed by atoms with Gasteiger partial charge in [0.25, 0.3) is 0 Å². The van der Waals surface area contributed by atoms with Gasteiger partial charge in [0.2, 0.25) is 0 Å². The lowest BCUT2D eigenvalue weighted by Gasteiger charge is -2.18. The molecule has 0 aliphatic rings. The summed E-state index contributed by atoms with van der Waals surface area (Å²) in [5.41, 5.74) is 1.19. The molecular weight excluding hydrogens is 264 g/mol. The molecule has 0 atom stereocenters. The summed E-state index contributed by atoms with van der Waals surface area (Å²) in [6.45, 7) is 0. The molecule has 1 aromatic heterocycles. The summed E-state index contributed by atoms with van der Waals surface area (Å²) >= 11 is 1.37. The number of methoxy groups -OCH3 is 2. The maximum atomic E-state index is 11.4. The zero-order chi connectivity index (χ0) is 13.8. The largest absolute Gasteiger partial charge is 0.495 e. The van der Waals surface area contributed by atoms with E-state index in [0.717, 1.165) is 11.4 Å². The molecule has 0 amide bonds. The number of hydrogen-bond acceptors (Lipinski definition) is 6. The van der Waals surface area contributed by atoms with Crippen molar-refractivity contribution in [1.29, 1.82) is 0 Å². The number of nitrogens with zero attached hydrogens (tertiary/aromatic N) is 2. The predicted octanol–water partition coefficient (Wildman–Crippen LogP) is 2.71. The molecule has 2 rings (SSSR count). The molecule has 0 bridgehead atoms. The number of ether oxygens (including phenoxy) is 2. The van der Waals surface area contributed by atoms with Crippen LogP contribution in [-0.4, -0.2) is 32.2 Å². The van der Waals surface area contributed by atoms with E-state index < -0.39 is 5.97 Å². The summed E-state index contributed by atoms with van der Waals surface area (Å²) in [5.74, 6) is 0.316. The third-order valence-corrected chi connectivity index (χ3v) is 3.54. The summed E-state index contributed by atoms with van der Waals surface area (Å²) in [6.07, 6.45) is 0. The first-order chi connectivity index (χ1) is 9.17. The lowest BCUT2D eigenvalue weighted by atomic mass is 10.3. The van der Waals surface area contributed by atoms with Crippen molar-refractivity contribution in [3.63, 3.8) is 0 Å². The predicted molar refractivity (Wildman–Crippen MR) is 74.5 cm³/mol. The van der Waals surface area contributed by atoms with E-state index in [2.05, 4.69) is 9.72 Å². The van der Waals surface area contributed by atoms with Crippen LogP contribution in [0.4, 0.5) is 10.8 Å². The van der Waals surface area contributed by atoms with E-state index in [1.807, 2.05) is 36.2 Å². The maximum Gasteiger partial charge on any atom is 0.357 e. The number of para-hydroxylation sites is 2. The minimum Gasteiger partial charge on any atom is -0.495 e. The fourth-order valence-electron chi connectivity index (χ4n) is 1.63. The van der Waals surface area contributed by atoms with Crippen molar-refractivity contribution in [1.82, 2.24) is 4.98 Å². The highest BCUT2D eigenvalue weighted by Crippen LogP contribution is 2.33. The van der Waals surface area contributed by atoms with Crippen molar-refractivity contribution in [3.8, 4) is 5.75 Å². The number of carbonyl (C=O) groups is 1. The lowest BCUT2D eigenvalue weighted by Crippen LogP contribution is -2.11. The monoisotopic (exact) mass is 278 g/mol. The summed E-state index contributed by atoms with van der Waals surface area (Å²) < 4.78 is 9.95. The minimum atomic E-state index is -0.434. The second-order valence-corrected chi connectivity index (χ2v) is 4.57. The van der Waals surface area contributed by atoms with Crippen LogP contribution >= 0.6 is 11.3 Å². The average molecular weight is 278 g/mol. The fraction of sp³-hybridized carbons (Fsp3) is 0.231. The van der Waals surface area contributed by atoms with Crippen molar-refractivity contribution < 1.29 is 14.3 Å². The van der Waals surface area contributed by atoms with Gasteiger partial charge in [-0.2, -0.15) is 0 Å². The van der Waals surface area contributed by atoms with E-state index in [4.69, 9.17) is 4.74 Å². The molecule has 0 aliphatic carbocycles. The van der Waals surface area contributed by atoms with Crippen LogP contribution in [0.3, 0.4) is 0 Å². The van der Waals surface area contributed by atoms with Crippen LogP contribution < -0.4 is 9.64 Å². The van der Waals surface area contributed by atoms with E-state index in [9.17, 15) is 4.79 Å². The zero-order valence-electron chi connectivity index (χ0n) is 10.9. The SMILES string of the molecule is COC(=O)c1csc(N(C)c2ccccc2OC)n1. The topological polar surface area (TPSA) is 51.7 Å². The lowest BCUT2D eigenvalue weighted by molar-refractivity contribution is 0.0595. The van der Waals surface area contributed by atoms with Crippen molar-refractivity contribution >= 4 is 28.1 Å². The normalized spacial score (nSPS) is 10.1. The number of thiazole rings is 1. The standard InChI is InChI=1S/C13H14N2O3S/c1-15(10-6-4-5-7-11(10)17-2)13-14-9(8-19-13)12(16)18-3/h4-8H,1-3H3. The molecule has 100 valence electrons. The first-order valence-electron chi connectivity index (χ1n) is 5.58. The molecule has 19 heavy (non-hydrogen) atoms. The minimum absolute atomic E-state index is 0.309. The van der Waals surface area contributed by atoms with Gasteiger partial charge >= 0.3 is 5.97 Å². The van der Waals surface area contributed by atoms with Crippen LogP contribution in [0.25, 0.3) is 0 Å². The van der Waals surface area contributed by atoms with Gasteiger partial charge in [-0.15, -0.1) is 11.3 Å². The van der Waals surface area contributed by atoms with E-state index in [1.54, 1.807) is 12.5 Å². The third kappa shape index (κ3) is 2.68. The molecule has 0 N–H and O–H groups in total. The summed E-state index contributed by atoms with van der Waals surface area (Å²) in [5, 5.41) is 2.37. The van der Waals surface area contributed by atoms with Crippen LogP contribution in [0.5, 0.6) is 5.75 Å². The number of anilines is 2. The molecule has 0 fully saturated rings. The second-order valence-electron chi connectivity index (χ2n) is 3.74. The quantitative estimate of drug-likeness (QED) is 0.805. The summed E-state index contributed by atoms with van der Waals surface area (Å²) in [7, 11) is 4.83. The number of aromatic nitrogens is 1. The Morgan fingerprint density at radius 1 is 1.32 bits per heavy atom. The van der Waals surface area contributed by atoms with E-state index in [-0.39, 0.29) is 0 Å². The molecule has 0 aliphatic heterocycles. The van der Waals surface area contributed by atoms with Crippen LogP contribution in [0.2, 0.25) is 0 Å². The molecule has 0 spiro atoms. The summed E-state index contributed by atoms with van der Waals surface area (Å²) in [6, 6.07) is 7.62. The molecular formula is C13H14N2O3S. The number of esters is 1. The van der Waals surface area contributed by atoms with Crippen molar-refractivity contribution in [2.75, 3.05) is 26.2 Å². The van der Waals surface area contributed by atoms with Crippen molar-refractivity contribution in [2.24, 2.45) is 0 Å². The summed E-state index contributed by atoms with van der Waals surface area (Å²) in [4.78, 5) is 17.5. The van der Waals surface area contributed by atoms with Gasteiger partial charge in [0.05, 0.1) is 19.9 Å². The van der Waals surface area contributed by atoms with Gasteiger partial charge in [0.1, 0.15) is 5.75 Å². The molecule has 1 heterocycles. The number of rotatable bonds is 4. The molecule has 0 saturated heterocycles. The average Bonchev–Trinajstić information content (AvgIpc) is 2.95. The van der Waals surface area contributed by atoms with Gasteiger partial charge in [-0.3, -0.25) is 0 Å². The molecule has 0 saturated carbocycles. The molecule has 6 heteroatoms. The first kappa shape index (κ1) is 13.4. The van der Waals surface area contributed by atoms with Crippen LogP contribution in [0.1, 0.15) is 10.5 Å². The Morgan fingerprint density at radius 3 is 2.74 bits per heavy atom. The van der Waals surface area contributed by atoms with Gasteiger partial charge in [0, 0.05) is 12.4 Å². The Kier molecular flexibility index (Phi) is 4.01. The highest BCUT2D eigenvalue weighted by molar-refractivity contribution is 7.14. The molecule has 1 aromatic carbocycles. The van der Waals surface area contributed by atoms with Crippen LogP contribution in [0, 0.1) is 0 Å². The number of carbonyl (C=O) groups excluding carboxylic acids is 1. The zero-order valence-corrected chi connectivity index (χ0v) is 11.7. The van der Waals surface area contributed by atoms with Gasteiger partial charge in [-0.25, -0.2) is 9.78 Å². The van der Waals surface area contributed by atoms with E-state index >= 15 is 0 Å². The Hall–Kier alpha value is -2.08. The first-order valence-corrected chi connectivity index (χ1v) is 6.46. The highest BCUT2D eigenvalue weighted by atomic mass is 32.1. The van der Waals surface area contributed by atoms with Crippen LogP contribution in [0.15, 0.2) is 29.6 Å². The van der Waals surface area contributed by atoms with Gasteiger partial charge < -0.3 is 14.4 Å². The Balaban J connectivity index is 2.31. The third-order valence-electron chi connectivity index (χ3n) is 2.62. The highest BCUT2D eigenvalue weighted by Gasteiger charge is 2.16. The van der Waals surface area contributed by atoms with E-state index in [0.29, 0.717) is 10.8 Å². The van der Waals surface area contributed by atoms with Crippen molar-refractivity contribution in [2.45, 2.75) is 0 Å². The van der Waals surface area contributed by atoms with Gasteiger partial charge in [-0.05, 0) is 12.1 Å². The Morgan fingerprint density at radius 2 is 2.05 bits per heavy atom. The Labute approximate surface area is 115 Å². The molecule has 0 unspecified atom stereocenters.